The van der Waals surface area contributed by atoms with Crippen LogP contribution in [-0.2, 0) is 10.0 Å². The number of carbonyl (C=O) groups excluding carboxylic acids is 2. The van der Waals surface area contributed by atoms with Crippen molar-refractivity contribution in [3.05, 3.63) is 84.1 Å². The molecule has 2 aromatic carbocycles. The Bertz CT molecular complexity index is 1190. The molecule has 0 saturated carbocycles. The molecule has 3 aromatic rings. The number of hydrogen-bond acceptors (Lipinski definition) is 6. The molecule has 9 heteroatoms. The van der Waals surface area contributed by atoms with Crippen molar-refractivity contribution in [3.8, 4) is 0 Å². The van der Waals surface area contributed by atoms with Gasteiger partial charge in [-0.05, 0) is 48.5 Å². The molecule has 0 atom stereocenters. The van der Waals surface area contributed by atoms with Gasteiger partial charge in [-0.2, -0.15) is 4.31 Å². The number of aromatic nitrogens is 1. The summed E-state index contributed by atoms with van der Waals surface area (Å²) in [7, 11) is -3.56. The number of hydrogen-bond donors (Lipinski definition) is 1. The van der Waals surface area contributed by atoms with Gasteiger partial charge in [0.2, 0.25) is 10.0 Å². The van der Waals surface area contributed by atoms with Crippen LogP contribution in [0, 0.1) is 0 Å². The largest absolute Gasteiger partial charge is 0.322 e. The van der Waals surface area contributed by atoms with E-state index in [0.29, 0.717) is 34.9 Å². The minimum atomic E-state index is -3.56. The van der Waals surface area contributed by atoms with Crippen LogP contribution < -0.4 is 5.32 Å². The van der Waals surface area contributed by atoms with Gasteiger partial charge in [-0.15, -0.1) is 0 Å². The minimum absolute atomic E-state index is 0.0948. The number of rotatable bonds is 10. The van der Waals surface area contributed by atoms with Crippen LogP contribution in [0.2, 0.25) is 0 Å². The lowest BCUT2D eigenvalue weighted by Crippen LogP contribution is -2.30. The molecule has 7 nitrogen and oxygen atoms in total. The third kappa shape index (κ3) is 6.28. The Balaban J connectivity index is 1.57. The van der Waals surface area contributed by atoms with E-state index in [2.05, 4.69) is 10.3 Å². The molecule has 0 unspecified atom stereocenters. The van der Waals surface area contributed by atoms with Gasteiger partial charge in [-0.3, -0.25) is 9.59 Å². The summed E-state index contributed by atoms with van der Waals surface area (Å²) < 4.78 is 26.4. The number of Topliss-reactive ketones (excluding diaryl/α,β-unsaturated/α-hetero) is 1. The second-order valence-electron chi connectivity index (χ2n) is 7.03. The molecule has 172 valence electrons. The zero-order chi connectivity index (χ0) is 23.8. The third-order valence-corrected chi connectivity index (χ3v) is 7.88. The van der Waals surface area contributed by atoms with E-state index in [1.807, 2.05) is 6.07 Å². The highest BCUT2D eigenvalue weighted by Gasteiger charge is 2.21. The maximum Gasteiger partial charge on any atom is 0.255 e. The zero-order valence-electron chi connectivity index (χ0n) is 18.4. The summed E-state index contributed by atoms with van der Waals surface area (Å²) in [5, 5.41) is 3.36. The van der Waals surface area contributed by atoms with Crippen molar-refractivity contribution in [2.75, 3.05) is 24.2 Å². The van der Waals surface area contributed by atoms with Gasteiger partial charge in [-0.25, -0.2) is 13.4 Å². The van der Waals surface area contributed by atoms with E-state index in [1.165, 1.54) is 28.3 Å². The molecule has 0 bridgehead atoms. The molecule has 0 spiro atoms. The topological polar surface area (TPSA) is 96.4 Å². The number of pyridine rings is 1. The molecule has 33 heavy (non-hydrogen) atoms. The van der Waals surface area contributed by atoms with Crippen molar-refractivity contribution < 1.29 is 18.0 Å². The number of amides is 1. The van der Waals surface area contributed by atoms with Crippen molar-refractivity contribution in [1.29, 1.82) is 0 Å². The van der Waals surface area contributed by atoms with Gasteiger partial charge in [-0.1, -0.05) is 43.8 Å². The quantitative estimate of drug-likeness (QED) is 0.340. The predicted molar refractivity (Wildman–Crippen MR) is 130 cm³/mol. The Labute approximate surface area is 198 Å². The van der Waals surface area contributed by atoms with Crippen LogP contribution in [0.25, 0.3) is 0 Å². The highest BCUT2D eigenvalue weighted by Crippen LogP contribution is 2.21. The molecular weight excluding hydrogens is 458 g/mol. The summed E-state index contributed by atoms with van der Waals surface area (Å²) in [5.41, 5.74) is 1.66. The molecule has 1 N–H and O–H groups in total. The van der Waals surface area contributed by atoms with Gasteiger partial charge in [0.25, 0.3) is 5.91 Å². The van der Waals surface area contributed by atoms with Crippen molar-refractivity contribution in [2.45, 2.75) is 23.8 Å². The van der Waals surface area contributed by atoms with Crippen LogP contribution in [0.1, 0.15) is 34.6 Å². The molecule has 1 aromatic heterocycles. The normalized spacial score (nSPS) is 11.4. The average Bonchev–Trinajstić information content (AvgIpc) is 2.84. The molecule has 1 amide bonds. The van der Waals surface area contributed by atoms with Gasteiger partial charge < -0.3 is 5.32 Å². The van der Waals surface area contributed by atoms with Crippen molar-refractivity contribution in [3.63, 3.8) is 0 Å². The average molecular weight is 484 g/mol. The van der Waals surface area contributed by atoms with Crippen LogP contribution in [-0.4, -0.2) is 48.2 Å². The van der Waals surface area contributed by atoms with E-state index < -0.39 is 10.0 Å². The summed E-state index contributed by atoms with van der Waals surface area (Å²) in [6, 6.07) is 18.7. The molecule has 3 rings (SSSR count). The number of nitrogens with zero attached hydrogens (tertiary/aromatic N) is 2. The van der Waals surface area contributed by atoms with Crippen molar-refractivity contribution >= 4 is 39.2 Å². The van der Waals surface area contributed by atoms with E-state index in [1.54, 1.807) is 68.4 Å². The van der Waals surface area contributed by atoms with E-state index in [4.69, 9.17) is 0 Å². The summed E-state index contributed by atoms with van der Waals surface area (Å²) >= 11 is 1.24. The number of thioether (sulfide) groups is 1. The molecule has 0 aliphatic rings. The van der Waals surface area contributed by atoms with Crippen LogP contribution in [0.5, 0.6) is 0 Å². The van der Waals surface area contributed by atoms with Crippen LogP contribution in [0.3, 0.4) is 0 Å². The highest BCUT2D eigenvalue weighted by atomic mass is 32.2. The lowest BCUT2D eigenvalue weighted by Gasteiger charge is -2.18. The lowest BCUT2D eigenvalue weighted by atomic mass is 10.1. The first kappa shape index (κ1) is 24.6. The minimum Gasteiger partial charge on any atom is -0.322 e. The SMILES string of the molecule is CCN(CC)S(=O)(=O)c1ccc(SCC(=O)c2ccc(NC(=O)c3ccccc3)cc2)nc1. The summed E-state index contributed by atoms with van der Waals surface area (Å²) in [6.45, 7) is 4.35. The van der Waals surface area contributed by atoms with Gasteiger partial charge in [0.1, 0.15) is 4.90 Å². The Kier molecular flexibility index (Phi) is 8.37. The molecular formula is C24H25N3O4S2. The summed E-state index contributed by atoms with van der Waals surface area (Å²) in [4.78, 5) is 29.1. The number of ketones is 1. The van der Waals surface area contributed by atoms with Gasteiger partial charge >= 0.3 is 0 Å². The standard InChI is InChI=1S/C24H25N3O4S2/c1-3-27(4-2)33(30,31)21-14-15-23(25-16-21)32-17-22(28)18-10-12-20(13-11-18)26-24(29)19-8-6-5-7-9-19/h5-16H,3-4,17H2,1-2H3,(H,26,29). The van der Waals surface area contributed by atoms with Crippen LogP contribution in [0.4, 0.5) is 5.69 Å². The maximum absolute atomic E-state index is 12.5. The fourth-order valence-corrected chi connectivity index (χ4v) is 5.21. The fourth-order valence-electron chi connectivity index (χ4n) is 3.07. The van der Waals surface area contributed by atoms with Crippen LogP contribution in [0.15, 0.2) is 82.8 Å². The zero-order valence-corrected chi connectivity index (χ0v) is 20.0. The predicted octanol–water partition coefficient (Wildman–Crippen LogP) is 4.34. The lowest BCUT2D eigenvalue weighted by molar-refractivity contribution is 0.101. The number of anilines is 1. The van der Waals surface area contributed by atoms with Gasteiger partial charge in [0.05, 0.1) is 10.8 Å². The third-order valence-electron chi connectivity index (χ3n) is 4.90. The second kappa shape index (κ2) is 11.2. The fraction of sp³-hybridized carbons (Fsp3) is 0.208. The first-order valence-electron chi connectivity index (χ1n) is 10.4. The summed E-state index contributed by atoms with van der Waals surface area (Å²) in [5.74, 6) is -0.157. The molecule has 1 heterocycles. The second-order valence-corrected chi connectivity index (χ2v) is 9.96. The van der Waals surface area contributed by atoms with Gasteiger partial charge in [0.15, 0.2) is 5.78 Å². The Morgan fingerprint density at radius 2 is 1.58 bits per heavy atom. The maximum atomic E-state index is 12.5. The molecule has 0 saturated heterocycles. The number of carbonyl (C=O) groups is 2. The van der Waals surface area contributed by atoms with E-state index in [0.717, 1.165) is 0 Å². The molecule has 0 aliphatic heterocycles. The van der Waals surface area contributed by atoms with E-state index in [9.17, 15) is 18.0 Å². The van der Waals surface area contributed by atoms with Crippen molar-refractivity contribution in [1.82, 2.24) is 9.29 Å². The molecule has 0 fully saturated rings. The first-order valence-corrected chi connectivity index (χ1v) is 12.9. The Hall–Kier alpha value is -3.01. The van der Waals surface area contributed by atoms with Crippen LogP contribution >= 0.6 is 11.8 Å². The van der Waals surface area contributed by atoms with E-state index >= 15 is 0 Å². The van der Waals surface area contributed by atoms with E-state index in [-0.39, 0.29) is 22.3 Å². The first-order chi connectivity index (χ1) is 15.8. The number of benzene rings is 2. The van der Waals surface area contributed by atoms with Gasteiger partial charge in [0, 0.05) is 36.1 Å². The summed E-state index contributed by atoms with van der Waals surface area (Å²) in [6.07, 6.45) is 1.32. The molecule has 0 aliphatic carbocycles. The highest BCUT2D eigenvalue weighted by molar-refractivity contribution is 7.99. The number of nitrogens with one attached hydrogen (secondary N) is 1. The monoisotopic (exact) mass is 483 g/mol. The number of sulfonamides is 1. The Morgan fingerprint density at radius 3 is 2.15 bits per heavy atom. The smallest absolute Gasteiger partial charge is 0.255 e. The van der Waals surface area contributed by atoms with Crippen molar-refractivity contribution in [2.24, 2.45) is 0 Å². The molecule has 0 radical (unpaired) electrons. The Morgan fingerprint density at radius 1 is 0.909 bits per heavy atom.